The number of rotatable bonds is 7. The van der Waals surface area contributed by atoms with E-state index < -0.39 is 11.9 Å². The van der Waals surface area contributed by atoms with Crippen LogP contribution in [-0.2, 0) is 9.59 Å². The van der Waals surface area contributed by atoms with Gasteiger partial charge in [-0.2, -0.15) is 0 Å². The third-order valence-corrected chi connectivity index (χ3v) is 6.18. The number of ether oxygens (including phenoxy) is 2. The zero-order valence-electron chi connectivity index (χ0n) is 19.3. The van der Waals surface area contributed by atoms with Crippen molar-refractivity contribution in [3.63, 3.8) is 0 Å². The number of hydrogen-bond donors (Lipinski definition) is 2. The number of benzene rings is 3. The highest BCUT2D eigenvalue weighted by Crippen LogP contribution is 2.35. The van der Waals surface area contributed by atoms with Crippen molar-refractivity contribution in [2.75, 3.05) is 23.9 Å². The molecule has 0 bridgehead atoms. The number of carbonyl (C=O) groups is 3. The Labute approximate surface area is 221 Å². The molecule has 0 spiro atoms. The van der Waals surface area contributed by atoms with Gasteiger partial charge in [-0.15, -0.1) is 0 Å². The van der Waals surface area contributed by atoms with Crippen LogP contribution in [0.3, 0.4) is 0 Å². The third kappa shape index (κ3) is 5.69. The summed E-state index contributed by atoms with van der Waals surface area (Å²) in [6, 6.07) is 16.5. The molecule has 8 nitrogen and oxygen atoms in total. The van der Waals surface area contributed by atoms with E-state index in [1.165, 1.54) is 13.2 Å². The summed E-state index contributed by atoms with van der Waals surface area (Å²) in [5.41, 5.74) is 2.80. The molecule has 4 rings (SSSR count). The number of imide groups is 1. The van der Waals surface area contributed by atoms with E-state index in [0.717, 1.165) is 10.5 Å². The standard InChI is InChI=1S/C26H21BrClN3O5/c1-15-3-7-18(8-4-15)29-24(32)14-36-23-13-20(27)16(12-22(23)35-2)11-21-25(33)31(26(34)30-21)19-9-5-17(28)6-10-19/h3-13H,14H2,1-2H3,(H,29,32)(H,30,34)/b21-11+. The van der Waals surface area contributed by atoms with Crippen LogP contribution in [0.25, 0.3) is 6.08 Å². The van der Waals surface area contributed by atoms with Gasteiger partial charge in [0, 0.05) is 15.2 Å². The molecule has 0 atom stereocenters. The summed E-state index contributed by atoms with van der Waals surface area (Å²) < 4.78 is 11.7. The van der Waals surface area contributed by atoms with E-state index >= 15 is 0 Å². The fourth-order valence-electron chi connectivity index (χ4n) is 3.43. The van der Waals surface area contributed by atoms with Crippen LogP contribution in [0.5, 0.6) is 11.5 Å². The largest absolute Gasteiger partial charge is 0.493 e. The van der Waals surface area contributed by atoms with Crippen molar-refractivity contribution >= 4 is 62.8 Å². The number of urea groups is 1. The zero-order valence-corrected chi connectivity index (χ0v) is 21.6. The first-order valence-electron chi connectivity index (χ1n) is 10.7. The third-order valence-electron chi connectivity index (χ3n) is 5.24. The molecule has 4 amide bonds. The molecule has 2 N–H and O–H groups in total. The predicted octanol–water partition coefficient (Wildman–Crippen LogP) is 5.53. The van der Waals surface area contributed by atoms with E-state index in [2.05, 4.69) is 26.6 Å². The molecule has 10 heteroatoms. The van der Waals surface area contributed by atoms with Gasteiger partial charge in [-0.1, -0.05) is 45.2 Å². The number of halogens is 2. The van der Waals surface area contributed by atoms with Gasteiger partial charge >= 0.3 is 6.03 Å². The van der Waals surface area contributed by atoms with Gasteiger partial charge in [0.15, 0.2) is 18.1 Å². The van der Waals surface area contributed by atoms with Crippen LogP contribution in [0.15, 0.2) is 70.8 Å². The molecule has 1 saturated heterocycles. The number of nitrogens with zero attached hydrogens (tertiary/aromatic N) is 1. The van der Waals surface area contributed by atoms with E-state index in [0.29, 0.717) is 37.9 Å². The number of hydrogen-bond acceptors (Lipinski definition) is 5. The van der Waals surface area contributed by atoms with Crippen LogP contribution >= 0.6 is 27.5 Å². The molecule has 0 aromatic heterocycles. The van der Waals surface area contributed by atoms with Crippen LogP contribution < -0.4 is 25.0 Å². The molecule has 0 saturated carbocycles. The van der Waals surface area contributed by atoms with Crippen molar-refractivity contribution in [3.05, 3.63) is 87.0 Å². The van der Waals surface area contributed by atoms with Gasteiger partial charge in [-0.05, 0) is 67.1 Å². The minimum absolute atomic E-state index is 0.0869. The van der Waals surface area contributed by atoms with Crippen molar-refractivity contribution in [1.29, 1.82) is 0 Å². The van der Waals surface area contributed by atoms with Gasteiger partial charge in [0.2, 0.25) is 0 Å². The fourth-order valence-corrected chi connectivity index (χ4v) is 3.99. The first-order chi connectivity index (χ1) is 17.2. The van der Waals surface area contributed by atoms with Crippen molar-refractivity contribution in [3.8, 4) is 11.5 Å². The molecule has 1 heterocycles. The number of carbonyl (C=O) groups excluding carboxylic acids is 3. The smallest absolute Gasteiger partial charge is 0.333 e. The Kier molecular flexibility index (Phi) is 7.61. The van der Waals surface area contributed by atoms with Gasteiger partial charge in [-0.25, -0.2) is 9.69 Å². The normalized spacial score (nSPS) is 14.1. The minimum atomic E-state index is -0.573. The van der Waals surface area contributed by atoms with E-state index in [1.807, 2.05) is 31.2 Å². The van der Waals surface area contributed by atoms with Gasteiger partial charge < -0.3 is 20.1 Å². The molecule has 3 aromatic rings. The van der Waals surface area contributed by atoms with Gasteiger partial charge in [-0.3, -0.25) is 9.59 Å². The molecule has 0 unspecified atom stereocenters. The molecular formula is C26H21BrClN3O5. The maximum atomic E-state index is 12.9. The van der Waals surface area contributed by atoms with Crippen LogP contribution in [0.4, 0.5) is 16.2 Å². The molecule has 1 aliphatic heterocycles. The molecule has 0 aliphatic carbocycles. The molecule has 3 aromatic carbocycles. The van der Waals surface area contributed by atoms with E-state index in [1.54, 1.807) is 36.4 Å². The Hall–Kier alpha value is -3.82. The highest BCUT2D eigenvalue weighted by molar-refractivity contribution is 9.10. The number of methoxy groups -OCH3 is 1. The van der Waals surface area contributed by atoms with E-state index in [-0.39, 0.29) is 18.2 Å². The van der Waals surface area contributed by atoms with Crippen molar-refractivity contribution in [2.45, 2.75) is 6.92 Å². The summed E-state index contributed by atoms with van der Waals surface area (Å²) >= 11 is 9.36. The predicted molar refractivity (Wildman–Crippen MR) is 141 cm³/mol. The van der Waals surface area contributed by atoms with Crippen molar-refractivity contribution in [1.82, 2.24) is 5.32 Å². The second kappa shape index (κ2) is 10.8. The Morgan fingerprint density at radius 2 is 1.78 bits per heavy atom. The molecule has 0 radical (unpaired) electrons. The zero-order chi connectivity index (χ0) is 25.8. The van der Waals surface area contributed by atoms with Crippen LogP contribution in [0.2, 0.25) is 5.02 Å². The van der Waals surface area contributed by atoms with Gasteiger partial charge in [0.25, 0.3) is 11.8 Å². The lowest BCUT2D eigenvalue weighted by Gasteiger charge is -2.13. The lowest BCUT2D eigenvalue weighted by Crippen LogP contribution is -2.30. The summed E-state index contributed by atoms with van der Waals surface area (Å²) in [5, 5.41) is 5.84. The highest BCUT2D eigenvalue weighted by Gasteiger charge is 2.35. The number of anilines is 2. The number of amides is 4. The highest BCUT2D eigenvalue weighted by atomic mass is 79.9. The van der Waals surface area contributed by atoms with Crippen molar-refractivity contribution in [2.24, 2.45) is 0 Å². The second-order valence-corrected chi connectivity index (χ2v) is 9.12. The number of aryl methyl sites for hydroxylation is 1. The lowest BCUT2D eigenvalue weighted by atomic mass is 10.1. The monoisotopic (exact) mass is 569 g/mol. The van der Waals surface area contributed by atoms with E-state index in [9.17, 15) is 14.4 Å². The van der Waals surface area contributed by atoms with E-state index in [4.69, 9.17) is 21.1 Å². The summed E-state index contributed by atoms with van der Waals surface area (Å²) in [5.74, 6) is -0.166. The molecule has 36 heavy (non-hydrogen) atoms. The lowest BCUT2D eigenvalue weighted by molar-refractivity contribution is -0.118. The van der Waals surface area contributed by atoms with Crippen molar-refractivity contribution < 1.29 is 23.9 Å². The van der Waals surface area contributed by atoms with Crippen LogP contribution in [-0.4, -0.2) is 31.6 Å². The quantitative estimate of drug-likeness (QED) is 0.287. The van der Waals surface area contributed by atoms with Gasteiger partial charge in [0.1, 0.15) is 5.70 Å². The summed E-state index contributed by atoms with van der Waals surface area (Å²) in [6.45, 7) is 1.73. The maximum Gasteiger partial charge on any atom is 0.333 e. The molecule has 184 valence electrons. The first-order valence-corrected chi connectivity index (χ1v) is 11.9. The summed E-state index contributed by atoms with van der Waals surface area (Å²) in [7, 11) is 1.46. The SMILES string of the molecule is COc1cc(/C=C2/NC(=O)N(c3ccc(Cl)cc3)C2=O)c(Br)cc1OCC(=O)Nc1ccc(C)cc1. The first kappa shape index (κ1) is 25.3. The Morgan fingerprint density at radius 1 is 1.08 bits per heavy atom. The maximum absolute atomic E-state index is 12.9. The van der Waals surface area contributed by atoms with Crippen LogP contribution in [0.1, 0.15) is 11.1 Å². The van der Waals surface area contributed by atoms with Gasteiger partial charge in [0.05, 0.1) is 12.8 Å². The average Bonchev–Trinajstić information content (AvgIpc) is 3.13. The minimum Gasteiger partial charge on any atom is -0.493 e. The number of nitrogens with one attached hydrogen (secondary N) is 2. The molecule has 1 aliphatic rings. The Bertz CT molecular complexity index is 1360. The van der Waals surface area contributed by atoms with Crippen LogP contribution in [0, 0.1) is 6.92 Å². The topological polar surface area (TPSA) is 97.0 Å². The summed E-state index contributed by atoms with van der Waals surface area (Å²) in [4.78, 5) is 38.7. The Morgan fingerprint density at radius 3 is 2.44 bits per heavy atom. The fraction of sp³-hybridized carbons (Fsp3) is 0.115. The average molecular weight is 571 g/mol. The molecular weight excluding hydrogens is 550 g/mol. The summed E-state index contributed by atoms with van der Waals surface area (Å²) in [6.07, 6.45) is 1.52. The Balaban J connectivity index is 1.49. The molecule has 1 fully saturated rings. The second-order valence-electron chi connectivity index (χ2n) is 7.83.